The summed E-state index contributed by atoms with van der Waals surface area (Å²) in [4.78, 5) is 16.3. The molecule has 3 heteroatoms. The molecule has 0 unspecified atom stereocenters. The Morgan fingerprint density at radius 2 is 1.06 bits per heavy atom. The van der Waals surface area contributed by atoms with Crippen LogP contribution in [0, 0.1) is 0 Å². The quantitative estimate of drug-likeness (QED) is 0.210. The third-order valence-electron chi connectivity index (χ3n) is 6.40. The lowest BCUT2D eigenvalue weighted by atomic mass is 10.1. The highest BCUT2D eigenvalue weighted by molar-refractivity contribution is 8.30. The van der Waals surface area contributed by atoms with Crippen molar-refractivity contribution in [1.29, 1.82) is 0 Å². The monoisotopic (exact) mass is 490 g/mol. The van der Waals surface area contributed by atoms with Crippen LogP contribution < -0.4 is 0 Å². The van der Waals surface area contributed by atoms with Crippen molar-refractivity contribution in [2.75, 3.05) is 0 Å². The lowest BCUT2D eigenvalue weighted by molar-refractivity contribution is -0.133. The molecule has 35 heavy (non-hydrogen) atoms. The molecule has 0 aliphatic rings. The molecule has 0 atom stereocenters. The molecule has 188 valence electrons. The van der Waals surface area contributed by atoms with E-state index in [1.54, 1.807) is 0 Å². The maximum atomic E-state index is 13.1. The molecule has 3 aromatic carbocycles. The van der Waals surface area contributed by atoms with E-state index in [9.17, 15) is 4.79 Å². The van der Waals surface area contributed by atoms with Gasteiger partial charge in [0.15, 0.2) is 0 Å². The van der Waals surface area contributed by atoms with Crippen LogP contribution >= 0.6 is 10.3 Å². The molecule has 0 spiro atoms. The average molecular weight is 491 g/mol. The summed E-state index contributed by atoms with van der Waals surface area (Å²) in [6.07, 6.45) is 10.7. The fourth-order valence-corrected chi connectivity index (χ4v) is 7.45. The zero-order valence-corrected chi connectivity index (χ0v) is 22.6. The van der Waals surface area contributed by atoms with E-state index in [-0.39, 0.29) is 5.97 Å². The fraction of sp³-hybridized carbons (Fsp3) is 0.406. The van der Waals surface area contributed by atoms with Gasteiger partial charge in [0.2, 0.25) is 0 Å². The summed E-state index contributed by atoms with van der Waals surface area (Å²) in [7, 11) is -2.19. The first kappa shape index (κ1) is 27.1. The van der Waals surface area contributed by atoms with Crippen molar-refractivity contribution in [2.45, 2.75) is 99.7 Å². The van der Waals surface area contributed by atoms with Gasteiger partial charge in [-0.15, -0.1) is 0 Å². The first-order valence-corrected chi connectivity index (χ1v) is 15.0. The molecule has 0 fully saturated rings. The van der Waals surface area contributed by atoms with E-state index in [1.165, 1.54) is 49.7 Å². The summed E-state index contributed by atoms with van der Waals surface area (Å²) in [6.45, 7) is 6.50. The Hall–Kier alpha value is -2.52. The number of rotatable bonds is 14. The molecule has 0 amide bonds. The predicted molar refractivity (Wildman–Crippen MR) is 149 cm³/mol. The average Bonchev–Trinajstić information content (AvgIpc) is 2.89. The van der Waals surface area contributed by atoms with Gasteiger partial charge in [-0.3, -0.25) is 4.79 Å². The van der Waals surface area contributed by atoms with Gasteiger partial charge in [0, 0.05) is 21.1 Å². The van der Waals surface area contributed by atoms with Crippen molar-refractivity contribution in [3.8, 4) is 0 Å². The number of hydrogen-bond acceptors (Lipinski definition) is 2. The minimum absolute atomic E-state index is 0.134. The Bertz CT molecular complexity index is 956. The summed E-state index contributed by atoms with van der Waals surface area (Å²) in [5.74, 6) is -0.134. The highest BCUT2D eigenvalue weighted by Crippen LogP contribution is 2.69. The smallest absolute Gasteiger partial charge is 0.317 e. The molecule has 0 N–H and O–H groups in total. The Kier molecular flexibility index (Phi) is 10.9. The van der Waals surface area contributed by atoms with Crippen molar-refractivity contribution in [3.05, 3.63) is 90.0 Å². The molecule has 0 aliphatic heterocycles. The number of carbonyl (C=O) groups is 1. The van der Waals surface area contributed by atoms with Gasteiger partial charge in [-0.1, -0.05) is 88.9 Å². The molecule has 0 saturated heterocycles. The lowest BCUT2D eigenvalue weighted by Crippen LogP contribution is -2.13. The Labute approximate surface area is 214 Å². The third-order valence-corrected chi connectivity index (χ3v) is 9.64. The molecule has 0 aliphatic carbocycles. The minimum Gasteiger partial charge on any atom is -0.402 e. The molecule has 0 saturated carbocycles. The number of carbonyl (C=O) groups excluding carboxylic acids is 1. The van der Waals surface area contributed by atoms with E-state index in [4.69, 9.17) is 4.18 Å². The highest BCUT2D eigenvalue weighted by Gasteiger charge is 2.35. The van der Waals surface area contributed by atoms with Gasteiger partial charge in [-0.2, -0.15) is 0 Å². The van der Waals surface area contributed by atoms with Crippen molar-refractivity contribution < 1.29 is 8.98 Å². The van der Waals surface area contributed by atoms with Crippen LogP contribution in [0.4, 0.5) is 0 Å². The van der Waals surface area contributed by atoms with Gasteiger partial charge in [0.1, 0.15) is 0 Å². The molecule has 0 radical (unpaired) electrons. The largest absolute Gasteiger partial charge is 0.402 e. The van der Waals surface area contributed by atoms with E-state index in [0.29, 0.717) is 6.42 Å². The van der Waals surface area contributed by atoms with Crippen LogP contribution in [0.3, 0.4) is 0 Å². The van der Waals surface area contributed by atoms with Crippen molar-refractivity contribution in [2.24, 2.45) is 0 Å². The first-order chi connectivity index (χ1) is 17.1. The standard InChI is InChI=1S/C32H42O2S/c1-4-7-10-15-27-19-23-30(24-20-27)35(34-32(33)14-6-3,29-17-12-9-13-18-29)31-25-21-28(22-26-31)16-11-8-5-2/h9,12-13,17-26H,4-8,10-11,14-16H2,1-3H3. The predicted octanol–water partition coefficient (Wildman–Crippen LogP) is 9.69. The molecule has 0 heterocycles. The van der Waals surface area contributed by atoms with Crippen LogP contribution in [0.1, 0.15) is 83.3 Å². The second-order valence-electron chi connectivity index (χ2n) is 9.28. The topological polar surface area (TPSA) is 26.3 Å². The summed E-state index contributed by atoms with van der Waals surface area (Å²) < 4.78 is 6.56. The van der Waals surface area contributed by atoms with E-state index in [0.717, 1.165) is 33.9 Å². The van der Waals surface area contributed by atoms with Gasteiger partial charge in [-0.25, -0.2) is 0 Å². The van der Waals surface area contributed by atoms with E-state index >= 15 is 0 Å². The summed E-state index contributed by atoms with van der Waals surface area (Å²) in [5, 5.41) is 0. The van der Waals surface area contributed by atoms with Gasteiger partial charge in [0.05, 0.1) is 0 Å². The van der Waals surface area contributed by atoms with E-state index in [1.807, 2.05) is 25.1 Å². The molecular weight excluding hydrogens is 448 g/mol. The maximum absolute atomic E-state index is 13.1. The normalized spacial score (nSPS) is 11.9. The van der Waals surface area contributed by atoms with Crippen LogP contribution in [-0.4, -0.2) is 5.97 Å². The molecule has 0 aromatic heterocycles. The van der Waals surface area contributed by atoms with Crippen LogP contribution in [0.2, 0.25) is 0 Å². The van der Waals surface area contributed by atoms with Crippen LogP contribution in [0.15, 0.2) is 93.5 Å². The highest BCUT2D eigenvalue weighted by atomic mass is 32.3. The lowest BCUT2D eigenvalue weighted by Gasteiger charge is -2.40. The van der Waals surface area contributed by atoms with E-state index < -0.39 is 10.3 Å². The van der Waals surface area contributed by atoms with Gasteiger partial charge in [0.25, 0.3) is 0 Å². The van der Waals surface area contributed by atoms with Crippen molar-refractivity contribution in [1.82, 2.24) is 0 Å². The molecule has 2 nitrogen and oxygen atoms in total. The Morgan fingerprint density at radius 1 is 0.600 bits per heavy atom. The second-order valence-corrected chi connectivity index (χ2v) is 12.0. The van der Waals surface area contributed by atoms with Crippen LogP contribution in [-0.2, 0) is 21.8 Å². The van der Waals surface area contributed by atoms with E-state index in [2.05, 4.69) is 74.5 Å². The Balaban J connectivity index is 2.07. The number of aryl methyl sites for hydroxylation is 2. The van der Waals surface area contributed by atoms with Crippen molar-refractivity contribution >= 4 is 16.3 Å². The first-order valence-electron chi connectivity index (χ1n) is 13.4. The van der Waals surface area contributed by atoms with Crippen LogP contribution in [0.5, 0.6) is 0 Å². The third kappa shape index (κ3) is 7.24. The zero-order chi connectivity index (χ0) is 24.9. The maximum Gasteiger partial charge on any atom is 0.317 e. The summed E-state index contributed by atoms with van der Waals surface area (Å²) >= 11 is 0. The number of hydrogen-bond donors (Lipinski definition) is 0. The summed E-state index contributed by atoms with van der Waals surface area (Å²) in [5.41, 5.74) is 2.68. The van der Waals surface area contributed by atoms with Crippen LogP contribution in [0.25, 0.3) is 0 Å². The summed E-state index contributed by atoms with van der Waals surface area (Å²) in [6, 6.07) is 28.0. The van der Waals surface area contributed by atoms with Gasteiger partial charge >= 0.3 is 5.97 Å². The van der Waals surface area contributed by atoms with Gasteiger partial charge in [-0.05, 0) is 89.9 Å². The minimum atomic E-state index is -2.19. The second kappa shape index (κ2) is 14.1. The molecule has 3 aromatic rings. The number of benzene rings is 3. The fourth-order valence-electron chi connectivity index (χ4n) is 4.40. The molecule has 3 rings (SSSR count). The molecule has 0 bridgehead atoms. The Morgan fingerprint density at radius 3 is 1.49 bits per heavy atom. The number of unbranched alkanes of at least 4 members (excludes halogenated alkanes) is 4. The van der Waals surface area contributed by atoms with Gasteiger partial charge < -0.3 is 4.18 Å². The SMILES string of the molecule is CCCCCc1ccc(S(OC(=O)CCC)(c2ccccc2)c2ccc(CCCCC)cc2)cc1. The molecular formula is C32H42O2S. The zero-order valence-electron chi connectivity index (χ0n) is 21.8. The van der Waals surface area contributed by atoms with Crippen molar-refractivity contribution in [3.63, 3.8) is 0 Å².